The molecule has 16 heteroatoms. The Hall–Kier alpha value is -5.80. The third kappa shape index (κ3) is 5.95. The highest BCUT2D eigenvalue weighted by molar-refractivity contribution is 5.80. The highest BCUT2D eigenvalue weighted by atomic mass is 19.1. The van der Waals surface area contributed by atoms with Gasteiger partial charge in [-0.15, -0.1) is 0 Å². The van der Waals surface area contributed by atoms with Crippen LogP contribution >= 0.6 is 0 Å². The molecular weight excluding hydrogens is 533 g/mol. The van der Waals surface area contributed by atoms with Gasteiger partial charge in [0.25, 0.3) is 0 Å². The molecule has 0 unspecified atom stereocenters. The van der Waals surface area contributed by atoms with E-state index in [0.29, 0.717) is 52.8 Å². The Kier molecular flexibility index (Phi) is 7.80. The summed E-state index contributed by atoms with van der Waals surface area (Å²) >= 11 is 0. The minimum absolute atomic E-state index is 0.0422. The van der Waals surface area contributed by atoms with Crippen molar-refractivity contribution in [3.8, 4) is 34.3 Å². The van der Waals surface area contributed by atoms with Crippen molar-refractivity contribution in [2.75, 3.05) is 24.7 Å². The topological polar surface area (TPSA) is 212 Å². The molecule has 6 rings (SSSR count). The Balaban J connectivity index is 0.000000165. The molecule has 15 nitrogen and oxygen atoms in total. The van der Waals surface area contributed by atoms with Gasteiger partial charge >= 0.3 is 0 Å². The summed E-state index contributed by atoms with van der Waals surface area (Å²) in [5, 5.41) is 0. The van der Waals surface area contributed by atoms with E-state index in [4.69, 9.17) is 20.9 Å². The fourth-order valence-electron chi connectivity index (χ4n) is 3.55. The second-order valence-electron chi connectivity index (χ2n) is 7.96. The van der Waals surface area contributed by atoms with Gasteiger partial charge in [-0.3, -0.25) is 0 Å². The molecule has 0 saturated carbocycles. The Labute approximate surface area is 231 Å². The molecule has 0 amide bonds. The van der Waals surface area contributed by atoms with E-state index in [0.717, 1.165) is 5.56 Å². The SMILES string of the molecule is CCOc1nc(N)nc2ncc(-c3cccnc3F)nc12.CCOc1nc(N)nc2ncc(-c3cncnc3)nc12. The second kappa shape index (κ2) is 11.9. The summed E-state index contributed by atoms with van der Waals surface area (Å²) in [6.45, 7) is 4.50. The predicted octanol–water partition coefficient (Wildman–Crippen LogP) is 2.46. The zero-order valence-corrected chi connectivity index (χ0v) is 21.8. The summed E-state index contributed by atoms with van der Waals surface area (Å²) in [6.07, 6.45) is 9.12. The highest BCUT2D eigenvalue weighted by Gasteiger charge is 2.15. The van der Waals surface area contributed by atoms with Gasteiger partial charge in [-0.25, -0.2) is 34.9 Å². The van der Waals surface area contributed by atoms with E-state index >= 15 is 0 Å². The first kappa shape index (κ1) is 26.8. The van der Waals surface area contributed by atoms with Gasteiger partial charge in [0.05, 0.1) is 42.6 Å². The summed E-state index contributed by atoms with van der Waals surface area (Å²) in [5.74, 6) is 0.0620. The number of anilines is 2. The van der Waals surface area contributed by atoms with Crippen LogP contribution in [0.2, 0.25) is 0 Å². The van der Waals surface area contributed by atoms with Crippen LogP contribution in [0.4, 0.5) is 16.3 Å². The maximum Gasteiger partial charge on any atom is 0.247 e. The van der Waals surface area contributed by atoms with Crippen molar-refractivity contribution in [1.82, 2.24) is 54.8 Å². The Bertz CT molecular complexity index is 1830. The molecule has 0 fully saturated rings. The third-order valence-electron chi connectivity index (χ3n) is 5.24. The van der Waals surface area contributed by atoms with Crippen LogP contribution in [0.15, 0.2) is 49.4 Å². The molecule has 6 aromatic heterocycles. The minimum atomic E-state index is -0.625. The molecule has 0 spiro atoms. The first-order valence-corrected chi connectivity index (χ1v) is 12.2. The van der Waals surface area contributed by atoms with Crippen molar-refractivity contribution in [3.63, 3.8) is 0 Å². The Morgan fingerprint density at radius 3 is 1.83 bits per heavy atom. The standard InChI is InChI=1S/C13H11FN6O.C12H11N7O/c1-2-21-12-9-11(19-13(15)20-12)17-6-8(18-9)7-4-3-5-16-10(7)14;1-2-20-11-9-10(18-12(13)19-11)16-5-8(17-9)7-3-14-6-15-4-7/h3-6H,2H2,1H3,(H2,15,17,19,20);3-6H,2H2,1H3,(H2,13,16,18,19). The van der Waals surface area contributed by atoms with Crippen molar-refractivity contribution < 1.29 is 13.9 Å². The van der Waals surface area contributed by atoms with Crippen molar-refractivity contribution in [3.05, 3.63) is 55.4 Å². The lowest BCUT2D eigenvalue weighted by Crippen LogP contribution is -2.04. The number of rotatable bonds is 6. The quantitative estimate of drug-likeness (QED) is 0.282. The molecule has 0 bridgehead atoms. The molecule has 6 aromatic rings. The number of halogens is 1. The van der Waals surface area contributed by atoms with E-state index in [9.17, 15) is 4.39 Å². The smallest absolute Gasteiger partial charge is 0.247 e. The maximum absolute atomic E-state index is 13.7. The first-order valence-electron chi connectivity index (χ1n) is 12.2. The van der Waals surface area contributed by atoms with Gasteiger partial charge in [0.15, 0.2) is 22.3 Å². The lowest BCUT2D eigenvalue weighted by molar-refractivity contribution is 0.330. The Morgan fingerprint density at radius 2 is 1.27 bits per heavy atom. The second-order valence-corrected chi connectivity index (χ2v) is 7.96. The molecule has 206 valence electrons. The fourth-order valence-corrected chi connectivity index (χ4v) is 3.55. The number of nitrogens with zero attached hydrogens (tertiary/aromatic N) is 11. The van der Waals surface area contributed by atoms with E-state index in [1.165, 1.54) is 18.7 Å². The summed E-state index contributed by atoms with van der Waals surface area (Å²) in [7, 11) is 0. The number of hydrogen-bond donors (Lipinski definition) is 2. The average molecular weight is 556 g/mol. The monoisotopic (exact) mass is 555 g/mol. The first-order chi connectivity index (χ1) is 20.0. The summed E-state index contributed by atoms with van der Waals surface area (Å²) in [4.78, 5) is 44.7. The van der Waals surface area contributed by atoms with Crippen LogP contribution in [0, 0.1) is 5.95 Å². The van der Waals surface area contributed by atoms with Gasteiger partial charge in [-0.05, 0) is 26.0 Å². The molecule has 0 radical (unpaired) electrons. The third-order valence-corrected chi connectivity index (χ3v) is 5.24. The number of pyridine rings is 1. The van der Waals surface area contributed by atoms with Gasteiger partial charge < -0.3 is 20.9 Å². The van der Waals surface area contributed by atoms with Crippen LogP contribution in [0.3, 0.4) is 0 Å². The van der Waals surface area contributed by atoms with Gasteiger partial charge in [0.2, 0.25) is 29.6 Å². The van der Waals surface area contributed by atoms with E-state index < -0.39 is 5.95 Å². The molecule has 6 heterocycles. The van der Waals surface area contributed by atoms with Crippen molar-refractivity contribution in [1.29, 1.82) is 0 Å². The van der Waals surface area contributed by atoms with Crippen LogP contribution in [-0.4, -0.2) is 68.0 Å². The molecule has 0 aliphatic carbocycles. The molecule has 0 aliphatic rings. The molecule has 4 N–H and O–H groups in total. The largest absolute Gasteiger partial charge is 0.476 e. The van der Waals surface area contributed by atoms with Gasteiger partial charge in [0, 0.05) is 24.2 Å². The summed E-state index contributed by atoms with van der Waals surface area (Å²) in [6, 6.07) is 3.18. The molecule has 0 atom stereocenters. The molecule has 0 aromatic carbocycles. The lowest BCUT2D eigenvalue weighted by Gasteiger charge is -2.07. The normalized spacial score (nSPS) is 10.7. The number of ether oxygens (including phenoxy) is 2. The number of nitrogen functional groups attached to an aromatic ring is 2. The average Bonchev–Trinajstić information content (AvgIpc) is 2.98. The number of hydrogen-bond acceptors (Lipinski definition) is 15. The summed E-state index contributed by atoms with van der Waals surface area (Å²) in [5.41, 5.74) is 14.6. The van der Waals surface area contributed by atoms with Crippen LogP contribution < -0.4 is 20.9 Å². The summed E-state index contributed by atoms with van der Waals surface area (Å²) < 4.78 is 24.5. The van der Waals surface area contributed by atoms with Crippen LogP contribution in [0.25, 0.3) is 44.8 Å². The molecule has 0 aliphatic heterocycles. The van der Waals surface area contributed by atoms with Crippen LogP contribution in [-0.2, 0) is 0 Å². The fraction of sp³-hybridized carbons (Fsp3) is 0.160. The van der Waals surface area contributed by atoms with Gasteiger partial charge in [-0.2, -0.15) is 24.3 Å². The van der Waals surface area contributed by atoms with Crippen LogP contribution in [0.1, 0.15) is 13.8 Å². The zero-order valence-electron chi connectivity index (χ0n) is 21.8. The molecule has 41 heavy (non-hydrogen) atoms. The maximum atomic E-state index is 13.7. The lowest BCUT2D eigenvalue weighted by atomic mass is 10.2. The molecular formula is C25H22FN13O2. The van der Waals surface area contributed by atoms with Gasteiger partial charge in [0.1, 0.15) is 6.33 Å². The van der Waals surface area contributed by atoms with Gasteiger partial charge in [-0.1, -0.05) is 0 Å². The van der Waals surface area contributed by atoms with Crippen LogP contribution in [0.5, 0.6) is 11.8 Å². The Morgan fingerprint density at radius 1 is 0.707 bits per heavy atom. The van der Waals surface area contributed by atoms with Crippen molar-refractivity contribution in [2.24, 2.45) is 0 Å². The van der Waals surface area contributed by atoms with E-state index in [1.807, 2.05) is 13.8 Å². The number of fused-ring (bicyclic) bond motifs is 2. The molecule has 0 saturated heterocycles. The highest BCUT2D eigenvalue weighted by Crippen LogP contribution is 2.25. The predicted molar refractivity (Wildman–Crippen MR) is 146 cm³/mol. The van der Waals surface area contributed by atoms with Crippen molar-refractivity contribution >= 4 is 34.2 Å². The minimum Gasteiger partial charge on any atom is -0.476 e. The van der Waals surface area contributed by atoms with Crippen molar-refractivity contribution in [2.45, 2.75) is 13.8 Å². The van der Waals surface area contributed by atoms with E-state index in [2.05, 4.69) is 54.8 Å². The van der Waals surface area contributed by atoms with E-state index in [1.54, 1.807) is 30.7 Å². The number of nitrogens with two attached hydrogens (primary N) is 2. The van der Waals surface area contributed by atoms with E-state index in [-0.39, 0.29) is 23.3 Å². The zero-order chi connectivity index (χ0) is 28.8. The number of aromatic nitrogens is 11.